The Morgan fingerprint density at radius 1 is 1.14 bits per heavy atom. The van der Waals surface area contributed by atoms with Crippen LogP contribution in [0.15, 0.2) is 24.3 Å². The second kappa shape index (κ2) is 7.28. The standard InChI is InChI=1S/C19H28N2O/c1-21(16-10-3-2-4-11-16)14-19(22)20-18-13-7-9-15-8-5-6-12-17(15)18/h5-6,8,12,16,18H,2-4,7,9-11,13-14H2,1H3,(H,20,22)/p+1/t18-/m0/s1. The number of fused-ring (bicyclic) bond motifs is 1. The molecule has 1 amide bonds. The lowest BCUT2D eigenvalue weighted by Gasteiger charge is -2.30. The Bertz CT molecular complexity index is 508. The van der Waals surface area contributed by atoms with E-state index in [4.69, 9.17) is 0 Å². The van der Waals surface area contributed by atoms with E-state index >= 15 is 0 Å². The van der Waals surface area contributed by atoms with Gasteiger partial charge < -0.3 is 10.2 Å². The lowest BCUT2D eigenvalue weighted by atomic mass is 9.88. The number of quaternary nitrogens is 1. The van der Waals surface area contributed by atoms with Crippen LogP contribution in [0.2, 0.25) is 0 Å². The average molecular weight is 301 g/mol. The molecule has 1 fully saturated rings. The number of likely N-dealkylation sites (N-methyl/N-ethyl adjacent to an activating group) is 1. The molecule has 1 saturated carbocycles. The number of hydrogen-bond donors (Lipinski definition) is 2. The molecular weight excluding hydrogens is 272 g/mol. The molecule has 1 unspecified atom stereocenters. The Balaban J connectivity index is 1.56. The van der Waals surface area contributed by atoms with Gasteiger partial charge in [0.2, 0.25) is 0 Å². The molecule has 3 rings (SSSR count). The largest absolute Gasteiger partial charge is 0.344 e. The highest BCUT2D eigenvalue weighted by molar-refractivity contribution is 5.77. The molecule has 0 radical (unpaired) electrons. The van der Waals surface area contributed by atoms with Crippen LogP contribution >= 0.6 is 0 Å². The van der Waals surface area contributed by atoms with Gasteiger partial charge in [0.15, 0.2) is 6.54 Å². The van der Waals surface area contributed by atoms with Gasteiger partial charge in [0, 0.05) is 0 Å². The molecule has 2 aliphatic rings. The van der Waals surface area contributed by atoms with Gasteiger partial charge in [-0.3, -0.25) is 4.79 Å². The van der Waals surface area contributed by atoms with Gasteiger partial charge in [0.25, 0.3) is 5.91 Å². The summed E-state index contributed by atoms with van der Waals surface area (Å²) in [6.45, 7) is 0.614. The Hall–Kier alpha value is -1.35. The smallest absolute Gasteiger partial charge is 0.275 e. The monoisotopic (exact) mass is 301 g/mol. The third kappa shape index (κ3) is 3.70. The molecule has 3 heteroatoms. The quantitative estimate of drug-likeness (QED) is 0.876. The molecule has 3 nitrogen and oxygen atoms in total. The molecule has 120 valence electrons. The third-order valence-electron chi connectivity index (χ3n) is 5.45. The van der Waals surface area contributed by atoms with Gasteiger partial charge in [-0.1, -0.05) is 30.7 Å². The maximum absolute atomic E-state index is 12.4. The van der Waals surface area contributed by atoms with Gasteiger partial charge in [0.05, 0.1) is 19.1 Å². The van der Waals surface area contributed by atoms with Crippen molar-refractivity contribution in [2.75, 3.05) is 13.6 Å². The van der Waals surface area contributed by atoms with E-state index in [0.29, 0.717) is 12.6 Å². The summed E-state index contributed by atoms with van der Waals surface area (Å²) in [4.78, 5) is 13.8. The fourth-order valence-electron chi connectivity index (χ4n) is 4.14. The summed E-state index contributed by atoms with van der Waals surface area (Å²) >= 11 is 0. The topological polar surface area (TPSA) is 33.5 Å². The minimum absolute atomic E-state index is 0.213. The third-order valence-corrected chi connectivity index (χ3v) is 5.45. The summed E-state index contributed by atoms with van der Waals surface area (Å²) in [5.41, 5.74) is 2.74. The van der Waals surface area contributed by atoms with Crippen LogP contribution in [0.25, 0.3) is 0 Å². The van der Waals surface area contributed by atoms with Crippen molar-refractivity contribution in [1.82, 2.24) is 5.32 Å². The van der Waals surface area contributed by atoms with E-state index in [0.717, 1.165) is 12.8 Å². The van der Waals surface area contributed by atoms with Crippen LogP contribution in [0.1, 0.15) is 62.1 Å². The van der Waals surface area contributed by atoms with Crippen molar-refractivity contribution in [3.63, 3.8) is 0 Å². The molecule has 1 aromatic carbocycles. The zero-order chi connectivity index (χ0) is 15.4. The van der Waals surface area contributed by atoms with Crippen LogP contribution in [-0.4, -0.2) is 25.5 Å². The SMILES string of the molecule is C[NH+](CC(=O)N[C@H]1CCCc2ccccc21)C1CCCCC1. The van der Waals surface area contributed by atoms with Crippen molar-refractivity contribution in [3.8, 4) is 0 Å². The van der Waals surface area contributed by atoms with Crippen molar-refractivity contribution in [1.29, 1.82) is 0 Å². The number of carbonyl (C=O) groups is 1. The second-order valence-corrected chi connectivity index (χ2v) is 7.07. The van der Waals surface area contributed by atoms with E-state index in [2.05, 4.69) is 36.6 Å². The highest BCUT2D eigenvalue weighted by atomic mass is 16.2. The van der Waals surface area contributed by atoms with Gasteiger partial charge in [0.1, 0.15) is 0 Å². The molecule has 22 heavy (non-hydrogen) atoms. The molecule has 0 aliphatic heterocycles. The molecule has 1 aromatic rings. The minimum atomic E-state index is 0.213. The molecule has 0 heterocycles. The van der Waals surface area contributed by atoms with Crippen LogP contribution < -0.4 is 10.2 Å². The van der Waals surface area contributed by atoms with Crippen LogP contribution in [-0.2, 0) is 11.2 Å². The van der Waals surface area contributed by atoms with Crippen LogP contribution in [0.5, 0.6) is 0 Å². The van der Waals surface area contributed by atoms with E-state index < -0.39 is 0 Å². The summed E-state index contributed by atoms with van der Waals surface area (Å²) in [7, 11) is 2.18. The fourth-order valence-corrected chi connectivity index (χ4v) is 4.14. The van der Waals surface area contributed by atoms with Gasteiger partial charge in [-0.25, -0.2) is 0 Å². The number of benzene rings is 1. The highest BCUT2D eigenvalue weighted by Crippen LogP contribution is 2.29. The Morgan fingerprint density at radius 2 is 1.91 bits per heavy atom. The number of rotatable bonds is 4. The first kappa shape index (κ1) is 15.5. The lowest BCUT2D eigenvalue weighted by molar-refractivity contribution is -0.899. The normalized spacial score (nSPS) is 23.6. The van der Waals surface area contributed by atoms with Crippen molar-refractivity contribution in [3.05, 3.63) is 35.4 Å². The van der Waals surface area contributed by atoms with Crippen LogP contribution in [0.3, 0.4) is 0 Å². The first-order valence-electron chi connectivity index (χ1n) is 8.93. The van der Waals surface area contributed by atoms with Gasteiger partial charge in [-0.15, -0.1) is 0 Å². The Morgan fingerprint density at radius 3 is 2.73 bits per heavy atom. The molecule has 0 aromatic heterocycles. The predicted molar refractivity (Wildman–Crippen MR) is 88.9 cm³/mol. The number of aryl methyl sites for hydroxylation is 1. The Labute approximate surface area is 134 Å². The first-order chi connectivity index (χ1) is 10.7. The van der Waals surface area contributed by atoms with Crippen molar-refractivity contribution in [2.45, 2.75) is 63.5 Å². The van der Waals surface area contributed by atoms with E-state index in [1.807, 2.05) is 0 Å². The van der Waals surface area contributed by atoms with E-state index in [9.17, 15) is 4.79 Å². The summed E-state index contributed by atoms with van der Waals surface area (Å²) in [6, 6.07) is 9.46. The highest BCUT2D eigenvalue weighted by Gasteiger charge is 2.26. The van der Waals surface area contributed by atoms with Crippen molar-refractivity contribution < 1.29 is 9.69 Å². The van der Waals surface area contributed by atoms with E-state index in [1.54, 1.807) is 0 Å². The minimum Gasteiger partial charge on any atom is -0.344 e. The van der Waals surface area contributed by atoms with E-state index in [-0.39, 0.29) is 11.9 Å². The predicted octanol–water partition coefficient (Wildman–Crippen LogP) is 2.03. The van der Waals surface area contributed by atoms with Crippen molar-refractivity contribution >= 4 is 5.91 Å². The number of amides is 1. The number of nitrogens with one attached hydrogen (secondary N) is 2. The fraction of sp³-hybridized carbons (Fsp3) is 0.632. The van der Waals surface area contributed by atoms with Gasteiger partial charge >= 0.3 is 0 Å². The second-order valence-electron chi connectivity index (χ2n) is 7.07. The number of carbonyl (C=O) groups excluding carboxylic acids is 1. The summed E-state index contributed by atoms with van der Waals surface area (Å²) < 4.78 is 0. The average Bonchev–Trinajstić information content (AvgIpc) is 2.56. The zero-order valence-electron chi connectivity index (χ0n) is 13.7. The molecule has 2 N–H and O–H groups in total. The summed E-state index contributed by atoms with van der Waals surface area (Å²) in [5, 5.41) is 3.29. The summed E-state index contributed by atoms with van der Waals surface area (Å²) in [6.07, 6.45) is 10.00. The van der Waals surface area contributed by atoms with Gasteiger partial charge in [-0.2, -0.15) is 0 Å². The molecule has 2 atom stereocenters. The molecule has 0 bridgehead atoms. The van der Waals surface area contributed by atoms with Crippen LogP contribution in [0, 0.1) is 0 Å². The van der Waals surface area contributed by atoms with Crippen molar-refractivity contribution in [2.24, 2.45) is 0 Å². The van der Waals surface area contributed by atoms with Gasteiger partial charge in [-0.05, 0) is 56.1 Å². The maximum Gasteiger partial charge on any atom is 0.275 e. The molecule has 2 aliphatic carbocycles. The number of hydrogen-bond acceptors (Lipinski definition) is 1. The van der Waals surface area contributed by atoms with Crippen LogP contribution in [0.4, 0.5) is 0 Å². The lowest BCUT2D eigenvalue weighted by Crippen LogP contribution is -3.14. The molecule has 0 spiro atoms. The molecule has 0 saturated heterocycles. The zero-order valence-corrected chi connectivity index (χ0v) is 13.7. The molecular formula is C19H29N2O+. The Kier molecular flexibility index (Phi) is 5.14. The van der Waals surface area contributed by atoms with E-state index in [1.165, 1.54) is 54.6 Å². The summed E-state index contributed by atoms with van der Waals surface area (Å²) in [5.74, 6) is 0.213. The first-order valence-corrected chi connectivity index (χ1v) is 8.93. The maximum atomic E-state index is 12.4.